The summed E-state index contributed by atoms with van der Waals surface area (Å²) >= 11 is 0. The molecule has 72 valence electrons. The predicted molar refractivity (Wildman–Crippen MR) is 52.1 cm³/mol. The molecule has 3 nitrogen and oxygen atoms in total. The lowest BCUT2D eigenvalue weighted by Gasteiger charge is -2.11. The molecule has 0 saturated carbocycles. The van der Waals surface area contributed by atoms with Gasteiger partial charge in [0, 0.05) is 6.07 Å². The van der Waals surface area contributed by atoms with E-state index in [1.54, 1.807) is 13.2 Å². The lowest BCUT2D eigenvalue weighted by molar-refractivity contribution is 0.405. The fourth-order valence-electron chi connectivity index (χ4n) is 1.19. The minimum Gasteiger partial charge on any atom is -0.508 e. The van der Waals surface area contributed by atoms with Gasteiger partial charge in [-0.15, -0.1) is 0 Å². The summed E-state index contributed by atoms with van der Waals surface area (Å²) in [5.41, 5.74) is 6.37. The summed E-state index contributed by atoms with van der Waals surface area (Å²) in [7, 11) is 1.57. The first-order valence-electron chi connectivity index (χ1n) is 4.26. The fourth-order valence-corrected chi connectivity index (χ4v) is 1.19. The summed E-state index contributed by atoms with van der Waals surface area (Å²) in [6.45, 7) is 2.50. The van der Waals surface area contributed by atoms with Gasteiger partial charge in [0.25, 0.3) is 0 Å². The third kappa shape index (κ3) is 2.12. The number of phenols is 1. The van der Waals surface area contributed by atoms with E-state index < -0.39 is 0 Å². The highest BCUT2D eigenvalue weighted by Gasteiger charge is 2.08. The van der Waals surface area contributed by atoms with E-state index in [0.29, 0.717) is 12.3 Å². The number of rotatable bonds is 3. The van der Waals surface area contributed by atoms with Crippen LogP contribution in [-0.4, -0.2) is 18.8 Å². The topological polar surface area (TPSA) is 55.5 Å². The smallest absolute Gasteiger partial charge is 0.122 e. The molecule has 0 aliphatic carbocycles. The number of benzene rings is 1. The van der Waals surface area contributed by atoms with Crippen LogP contribution in [0.15, 0.2) is 18.2 Å². The maximum absolute atomic E-state index is 9.59. The highest BCUT2D eigenvalue weighted by molar-refractivity contribution is 5.41. The van der Waals surface area contributed by atoms with E-state index in [-0.39, 0.29) is 11.7 Å². The van der Waals surface area contributed by atoms with Crippen LogP contribution in [0.1, 0.15) is 18.4 Å². The summed E-state index contributed by atoms with van der Waals surface area (Å²) in [6, 6.07) is 5.26. The van der Waals surface area contributed by atoms with Crippen molar-refractivity contribution in [3.8, 4) is 11.5 Å². The minimum absolute atomic E-state index is 0.172. The van der Waals surface area contributed by atoms with Crippen molar-refractivity contribution in [2.24, 2.45) is 5.73 Å². The highest BCUT2D eigenvalue weighted by Crippen LogP contribution is 2.28. The fraction of sp³-hybridized carbons (Fsp3) is 0.400. The molecule has 3 heteroatoms. The molecule has 3 N–H and O–H groups in total. The van der Waals surface area contributed by atoms with Crippen molar-refractivity contribution < 1.29 is 9.84 Å². The van der Waals surface area contributed by atoms with E-state index in [4.69, 9.17) is 10.5 Å². The van der Waals surface area contributed by atoms with Crippen LogP contribution in [0.2, 0.25) is 0 Å². The number of nitrogens with two attached hydrogens (primary N) is 1. The van der Waals surface area contributed by atoms with Crippen molar-refractivity contribution in [2.45, 2.75) is 12.8 Å². The van der Waals surface area contributed by atoms with E-state index in [0.717, 1.165) is 5.56 Å². The van der Waals surface area contributed by atoms with Gasteiger partial charge in [0.15, 0.2) is 0 Å². The van der Waals surface area contributed by atoms with Crippen molar-refractivity contribution >= 4 is 0 Å². The van der Waals surface area contributed by atoms with Gasteiger partial charge < -0.3 is 15.6 Å². The van der Waals surface area contributed by atoms with Crippen molar-refractivity contribution in [1.82, 2.24) is 0 Å². The molecule has 1 aromatic carbocycles. The lowest BCUT2D eigenvalue weighted by Crippen LogP contribution is -2.08. The maximum atomic E-state index is 9.59. The van der Waals surface area contributed by atoms with Crippen LogP contribution >= 0.6 is 0 Å². The van der Waals surface area contributed by atoms with Crippen LogP contribution in [0.5, 0.6) is 11.5 Å². The quantitative estimate of drug-likeness (QED) is 0.742. The number of aromatic hydroxyl groups is 1. The van der Waals surface area contributed by atoms with E-state index >= 15 is 0 Å². The first kappa shape index (κ1) is 9.86. The monoisotopic (exact) mass is 181 g/mol. The molecule has 0 radical (unpaired) electrons. The van der Waals surface area contributed by atoms with Gasteiger partial charge in [-0.05, 0) is 24.1 Å². The van der Waals surface area contributed by atoms with Crippen LogP contribution < -0.4 is 10.5 Å². The molecule has 0 aliphatic rings. The maximum Gasteiger partial charge on any atom is 0.122 e. The van der Waals surface area contributed by atoms with Gasteiger partial charge in [-0.25, -0.2) is 0 Å². The van der Waals surface area contributed by atoms with Gasteiger partial charge in [-0.1, -0.05) is 13.0 Å². The zero-order chi connectivity index (χ0) is 9.84. The molecule has 0 saturated heterocycles. The van der Waals surface area contributed by atoms with Crippen LogP contribution in [0.25, 0.3) is 0 Å². The Morgan fingerprint density at radius 2 is 2.23 bits per heavy atom. The van der Waals surface area contributed by atoms with Crippen molar-refractivity contribution in [3.05, 3.63) is 23.8 Å². The molecule has 0 fully saturated rings. The Hall–Kier alpha value is -1.22. The number of methoxy groups -OCH3 is 1. The standard InChI is InChI=1S/C10H15NO2/c1-7(6-11)9-4-3-8(13-2)5-10(9)12/h3-5,7,12H,6,11H2,1-2H3. The second-order valence-electron chi connectivity index (χ2n) is 3.06. The van der Waals surface area contributed by atoms with E-state index in [9.17, 15) is 5.11 Å². The number of hydrogen-bond acceptors (Lipinski definition) is 3. The summed E-state index contributed by atoms with van der Waals surface area (Å²) in [5.74, 6) is 1.08. The Kier molecular flexibility index (Phi) is 3.14. The molecule has 13 heavy (non-hydrogen) atoms. The van der Waals surface area contributed by atoms with Crippen molar-refractivity contribution in [1.29, 1.82) is 0 Å². The van der Waals surface area contributed by atoms with Crippen molar-refractivity contribution in [2.75, 3.05) is 13.7 Å². The Bertz CT molecular complexity index is 286. The van der Waals surface area contributed by atoms with Crippen LogP contribution in [0, 0.1) is 0 Å². The Labute approximate surface area is 78.1 Å². The summed E-state index contributed by atoms with van der Waals surface area (Å²) in [6.07, 6.45) is 0. The minimum atomic E-state index is 0.172. The molecular formula is C10H15NO2. The average molecular weight is 181 g/mol. The molecule has 1 rings (SSSR count). The second-order valence-corrected chi connectivity index (χ2v) is 3.06. The number of ether oxygens (including phenoxy) is 1. The molecule has 1 atom stereocenters. The van der Waals surface area contributed by atoms with Gasteiger partial charge in [0.05, 0.1) is 7.11 Å². The lowest BCUT2D eigenvalue weighted by atomic mass is 10.0. The van der Waals surface area contributed by atoms with E-state index in [1.807, 2.05) is 19.1 Å². The molecule has 1 aromatic rings. The molecule has 0 bridgehead atoms. The Morgan fingerprint density at radius 3 is 2.69 bits per heavy atom. The van der Waals surface area contributed by atoms with Gasteiger partial charge in [0.1, 0.15) is 11.5 Å². The zero-order valence-electron chi connectivity index (χ0n) is 7.95. The van der Waals surface area contributed by atoms with Crippen LogP contribution in [0.3, 0.4) is 0 Å². The number of hydrogen-bond donors (Lipinski definition) is 2. The predicted octanol–water partition coefficient (Wildman–Crippen LogP) is 1.46. The number of phenolic OH excluding ortho intramolecular Hbond substituents is 1. The van der Waals surface area contributed by atoms with Crippen LogP contribution in [-0.2, 0) is 0 Å². The molecule has 0 spiro atoms. The van der Waals surface area contributed by atoms with Gasteiger partial charge in [0.2, 0.25) is 0 Å². The highest BCUT2D eigenvalue weighted by atomic mass is 16.5. The zero-order valence-corrected chi connectivity index (χ0v) is 7.95. The summed E-state index contributed by atoms with van der Waals surface area (Å²) in [5, 5.41) is 9.59. The molecule has 0 aromatic heterocycles. The third-order valence-corrected chi connectivity index (χ3v) is 2.12. The Balaban J connectivity index is 2.98. The summed E-state index contributed by atoms with van der Waals surface area (Å²) in [4.78, 5) is 0. The molecule has 0 amide bonds. The van der Waals surface area contributed by atoms with E-state index in [2.05, 4.69) is 0 Å². The normalized spacial score (nSPS) is 12.5. The Morgan fingerprint density at radius 1 is 1.54 bits per heavy atom. The largest absolute Gasteiger partial charge is 0.508 e. The van der Waals surface area contributed by atoms with Gasteiger partial charge >= 0.3 is 0 Å². The molecule has 0 heterocycles. The average Bonchev–Trinajstić information content (AvgIpc) is 2.16. The molecular weight excluding hydrogens is 166 g/mol. The second kappa shape index (κ2) is 4.14. The first-order valence-corrected chi connectivity index (χ1v) is 4.26. The van der Waals surface area contributed by atoms with Crippen molar-refractivity contribution in [3.63, 3.8) is 0 Å². The SMILES string of the molecule is COc1ccc(C(C)CN)c(O)c1. The van der Waals surface area contributed by atoms with Gasteiger partial charge in [-0.3, -0.25) is 0 Å². The van der Waals surface area contributed by atoms with Crippen LogP contribution in [0.4, 0.5) is 0 Å². The van der Waals surface area contributed by atoms with E-state index in [1.165, 1.54) is 0 Å². The molecule has 0 aliphatic heterocycles. The third-order valence-electron chi connectivity index (χ3n) is 2.12. The summed E-state index contributed by atoms with van der Waals surface area (Å²) < 4.78 is 4.97. The van der Waals surface area contributed by atoms with Gasteiger partial charge in [-0.2, -0.15) is 0 Å². The molecule has 1 unspecified atom stereocenters. The first-order chi connectivity index (χ1) is 6.19.